The van der Waals surface area contributed by atoms with E-state index >= 15 is 0 Å². The van der Waals surface area contributed by atoms with Crippen molar-refractivity contribution in [1.82, 2.24) is 25.3 Å². The van der Waals surface area contributed by atoms with Gasteiger partial charge in [-0.3, -0.25) is 9.59 Å². The van der Waals surface area contributed by atoms with E-state index in [9.17, 15) is 9.59 Å². The normalized spacial score (nSPS) is 20.0. The number of methoxy groups -OCH3 is 1. The van der Waals surface area contributed by atoms with Crippen LogP contribution in [0.5, 0.6) is 0 Å². The van der Waals surface area contributed by atoms with Crippen molar-refractivity contribution >= 4 is 11.8 Å². The van der Waals surface area contributed by atoms with E-state index in [0.29, 0.717) is 17.4 Å². The molecule has 2 aromatic heterocycles. The fraction of sp³-hybridized carbons (Fsp3) is 0.533. The summed E-state index contributed by atoms with van der Waals surface area (Å²) in [7, 11) is 3.08. The topological polar surface area (TPSA) is 124 Å². The lowest BCUT2D eigenvalue weighted by Gasteiger charge is -2.14. The molecule has 25 heavy (non-hydrogen) atoms. The van der Waals surface area contributed by atoms with E-state index in [1.165, 1.54) is 18.4 Å². The molecule has 0 bridgehead atoms. The minimum absolute atomic E-state index is 0.168. The number of ether oxygens (including phenoxy) is 1. The Morgan fingerprint density at radius 1 is 1.44 bits per heavy atom. The van der Waals surface area contributed by atoms with Crippen molar-refractivity contribution < 1.29 is 23.3 Å². The quantitative estimate of drug-likeness (QED) is 0.807. The Balaban J connectivity index is 1.84. The largest absolute Gasteiger partial charge is 0.438 e. The van der Waals surface area contributed by atoms with Gasteiger partial charge >= 0.3 is 0 Å². The molecule has 0 aliphatic carbocycles. The third-order valence-electron chi connectivity index (χ3n) is 4.20. The molecule has 1 aliphatic heterocycles. The Morgan fingerprint density at radius 3 is 2.88 bits per heavy atom. The molecule has 3 heterocycles. The van der Waals surface area contributed by atoms with E-state index in [1.54, 1.807) is 14.0 Å². The number of aryl methyl sites for hydroxylation is 1. The molecule has 10 heteroatoms. The minimum Gasteiger partial charge on any atom is -0.438 e. The van der Waals surface area contributed by atoms with Crippen LogP contribution in [-0.4, -0.2) is 59.1 Å². The number of aromatic nitrogens is 3. The first-order valence-electron chi connectivity index (χ1n) is 7.77. The van der Waals surface area contributed by atoms with Crippen molar-refractivity contribution in [2.45, 2.75) is 19.4 Å². The smallest absolute Gasteiger partial charge is 0.291 e. The van der Waals surface area contributed by atoms with E-state index in [2.05, 4.69) is 20.4 Å². The van der Waals surface area contributed by atoms with Crippen LogP contribution in [0.25, 0.3) is 0 Å². The van der Waals surface area contributed by atoms with E-state index in [4.69, 9.17) is 13.7 Å². The molecule has 0 radical (unpaired) electrons. The lowest BCUT2D eigenvalue weighted by molar-refractivity contribution is -0.124. The van der Waals surface area contributed by atoms with Crippen LogP contribution < -0.4 is 5.32 Å². The second-order valence-corrected chi connectivity index (χ2v) is 5.79. The monoisotopic (exact) mass is 349 g/mol. The van der Waals surface area contributed by atoms with Gasteiger partial charge in [-0.2, -0.15) is 4.98 Å². The Kier molecular flexibility index (Phi) is 4.79. The van der Waals surface area contributed by atoms with Gasteiger partial charge in [-0.05, 0) is 6.92 Å². The first kappa shape index (κ1) is 17.1. The molecule has 0 aromatic carbocycles. The Hall–Kier alpha value is -2.75. The summed E-state index contributed by atoms with van der Waals surface area (Å²) in [6.45, 7) is 2.40. The standard InChI is InChI=1S/C15H19N5O5/c1-8-12(24-7-17-8)15(22)20-4-9(13(21)16-2)10(5-20)14-18-11(6-23-3)19-25-14/h7,9-10H,4-6H2,1-3H3,(H,16,21)/t9-,10-/m1/s1. The van der Waals surface area contributed by atoms with Crippen LogP contribution in [0.15, 0.2) is 15.3 Å². The van der Waals surface area contributed by atoms with Gasteiger partial charge in [0.25, 0.3) is 5.91 Å². The Bertz CT molecular complexity index is 770. The van der Waals surface area contributed by atoms with Crippen molar-refractivity contribution in [1.29, 1.82) is 0 Å². The molecule has 2 atom stereocenters. The second kappa shape index (κ2) is 7.01. The molecule has 3 rings (SSSR count). The molecule has 0 saturated carbocycles. The number of likely N-dealkylation sites (tertiary alicyclic amines) is 1. The van der Waals surface area contributed by atoms with Crippen LogP contribution in [0, 0.1) is 12.8 Å². The number of carbonyl (C=O) groups excluding carboxylic acids is 2. The van der Waals surface area contributed by atoms with Gasteiger partial charge in [0.15, 0.2) is 12.2 Å². The highest BCUT2D eigenvalue weighted by atomic mass is 16.5. The average Bonchev–Trinajstić information content (AvgIpc) is 3.32. The number of nitrogens with one attached hydrogen (secondary N) is 1. The maximum Gasteiger partial charge on any atom is 0.291 e. The summed E-state index contributed by atoms with van der Waals surface area (Å²) in [5, 5.41) is 6.45. The lowest BCUT2D eigenvalue weighted by atomic mass is 9.95. The zero-order chi connectivity index (χ0) is 18.0. The van der Waals surface area contributed by atoms with Crippen LogP contribution >= 0.6 is 0 Å². The van der Waals surface area contributed by atoms with Gasteiger partial charge in [0.2, 0.25) is 17.6 Å². The van der Waals surface area contributed by atoms with E-state index in [-0.39, 0.29) is 37.3 Å². The number of nitrogens with zero attached hydrogens (tertiary/aromatic N) is 4. The van der Waals surface area contributed by atoms with Crippen molar-refractivity contribution in [2.24, 2.45) is 5.92 Å². The van der Waals surface area contributed by atoms with E-state index < -0.39 is 11.8 Å². The summed E-state index contributed by atoms with van der Waals surface area (Å²) in [6, 6.07) is 0. The van der Waals surface area contributed by atoms with Crippen LogP contribution in [0.1, 0.15) is 33.9 Å². The summed E-state index contributed by atoms with van der Waals surface area (Å²) in [4.78, 5) is 34.6. The van der Waals surface area contributed by atoms with Gasteiger partial charge in [-0.15, -0.1) is 0 Å². The molecular formula is C15H19N5O5. The van der Waals surface area contributed by atoms with Gasteiger partial charge in [0, 0.05) is 27.2 Å². The molecule has 1 saturated heterocycles. The number of hydrogen-bond acceptors (Lipinski definition) is 8. The fourth-order valence-electron chi connectivity index (χ4n) is 2.93. The molecule has 0 unspecified atom stereocenters. The summed E-state index contributed by atoms with van der Waals surface area (Å²) in [6.07, 6.45) is 1.22. The zero-order valence-corrected chi connectivity index (χ0v) is 14.2. The van der Waals surface area contributed by atoms with Crippen LogP contribution in [0.3, 0.4) is 0 Å². The predicted octanol–water partition coefficient (Wildman–Crippen LogP) is 0.114. The fourth-order valence-corrected chi connectivity index (χ4v) is 2.93. The van der Waals surface area contributed by atoms with Crippen LogP contribution in [0.2, 0.25) is 0 Å². The third-order valence-corrected chi connectivity index (χ3v) is 4.20. The number of rotatable bonds is 5. The van der Waals surface area contributed by atoms with Crippen molar-refractivity contribution in [3.63, 3.8) is 0 Å². The van der Waals surface area contributed by atoms with Crippen LogP contribution in [0.4, 0.5) is 0 Å². The molecule has 134 valence electrons. The maximum absolute atomic E-state index is 12.6. The highest BCUT2D eigenvalue weighted by Crippen LogP contribution is 2.33. The number of oxazole rings is 1. The number of carbonyl (C=O) groups is 2. The van der Waals surface area contributed by atoms with Gasteiger partial charge in [0.1, 0.15) is 6.61 Å². The number of hydrogen-bond donors (Lipinski definition) is 1. The molecule has 1 fully saturated rings. The third kappa shape index (κ3) is 3.25. The summed E-state index contributed by atoms with van der Waals surface area (Å²) < 4.78 is 15.4. The summed E-state index contributed by atoms with van der Waals surface area (Å²) in [5.74, 6) is -0.529. The molecule has 1 aliphatic rings. The van der Waals surface area contributed by atoms with Crippen molar-refractivity contribution in [3.8, 4) is 0 Å². The molecule has 0 spiro atoms. The van der Waals surface area contributed by atoms with Gasteiger partial charge in [0.05, 0.1) is 17.5 Å². The Morgan fingerprint density at radius 2 is 2.24 bits per heavy atom. The SMILES string of the molecule is CNC(=O)[C@@H]1CN(C(=O)c2ocnc2C)C[C@H]1c1nc(COC)no1. The zero-order valence-electron chi connectivity index (χ0n) is 14.2. The van der Waals surface area contributed by atoms with Gasteiger partial charge in [-0.25, -0.2) is 4.98 Å². The number of amides is 2. The van der Waals surface area contributed by atoms with Gasteiger partial charge < -0.3 is 23.9 Å². The van der Waals surface area contributed by atoms with E-state index in [1.807, 2.05) is 0 Å². The van der Waals surface area contributed by atoms with E-state index in [0.717, 1.165) is 0 Å². The molecular weight excluding hydrogens is 330 g/mol. The molecule has 1 N–H and O–H groups in total. The minimum atomic E-state index is -0.493. The molecule has 10 nitrogen and oxygen atoms in total. The molecule has 2 amide bonds. The van der Waals surface area contributed by atoms with Crippen LogP contribution in [-0.2, 0) is 16.1 Å². The maximum atomic E-state index is 12.6. The summed E-state index contributed by atoms with van der Waals surface area (Å²) in [5.41, 5.74) is 0.505. The van der Waals surface area contributed by atoms with Crippen molar-refractivity contribution in [2.75, 3.05) is 27.2 Å². The molecule has 2 aromatic rings. The van der Waals surface area contributed by atoms with Gasteiger partial charge in [-0.1, -0.05) is 5.16 Å². The average molecular weight is 349 g/mol. The Labute approximate surface area is 143 Å². The first-order chi connectivity index (χ1) is 12.0. The highest BCUT2D eigenvalue weighted by Gasteiger charge is 2.44. The first-order valence-corrected chi connectivity index (χ1v) is 7.77. The lowest BCUT2D eigenvalue weighted by Crippen LogP contribution is -2.33. The summed E-state index contributed by atoms with van der Waals surface area (Å²) >= 11 is 0. The highest BCUT2D eigenvalue weighted by molar-refractivity contribution is 5.93. The second-order valence-electron chi connectivity index (χ2n) is 5.79. The van der Waals surface area contributed by atoms with Crippen molar-refractivity contribution in [3.05, 3.63) is 29.6 Å². The predicted molar refractivity (Wildman–Crippen MR) is 82.5 cm³/mol.